The van der Waals surface area contributed by atoms with Gasteiger partial charge >= 0.3 is 0 Å². The second-order valence-corrected chi connectivity index (χ2v) is 4.31. The molecule has 0 saturated heterocycles. The fourth-order valence-corrected chi connectivity index (χ4v) is 1.66. The molecule has 0 aliphatic carbocycles. The van der Waals surface area contributed by atoms with Gasteiger partial charge in [-0.05, 0) is 36.0 Å². The van der Waals surface area contributed by atoms with Crippen molar-refractivity contribution in [1.29, 1.82) is 0 Å². The van der Waals surface area contributed by atoms with Gasteiger partial charge in [0.1, 0.15) is 0 Å². The van der Waals surface area contributed by atoms with E-state index < -0.39 is 6.10 Å². The predicted molar refractivity (Wildman–Crippen MR) is 65.0 cm³/mol. The highest BCUT2D eigenvalue weighted by molar-refractivity contribution is 5.34. The maximum absolute atomic E-state index is 9.94. The molecule has 1 heteroatoms. The molecule has 1 aromatic carbocycles. The number of aliphatic hydroxyl groups excluding tert-OH is 1. The third-order valence-corrected chi connectivity index (χ3v) is 2.72. The Morgan fingerprint density at radius 2 is 2.07 bits per heavy atom. The van der Waals surface area contributed by atoms with E-state index in [0.717, 1.165) is 11.1 Å². The summed E-state index contributed by atoms with van der Waals surface area (Å²) in [6, 6.07) is 6.31. The molecule has 0 aliphatic heterocycles. The van der Waals surface area contributed by atoms with Crippen LogP contribution in [0.5, 0.6) is 0 Å². The minimum atomic E-state index is -0.416. The van der Waals surface area contributed by atoms with E-state index in [9.17, 15) is 5.11 Å². The summed E-state index contributed by atoms with van der Waals surface area (Å²) < 4.78 is 0. The number of aliphatic hydroxyl groups is 1. The zero-order valence-electron chi connectivity index (χ0n) is 9.83. The summed E-state index contributed by atoms with van der Waals surface area (Å²) in [6.07, 6.45) is 1.95. The lowest BCUT2D eigenvalue weighted by atomic mass is 9.94. The number of rotatable bonds is 4. The predicted octanol–water partition coefficient (Wildman–Crippen LogP) is 3.73. The van der Waals surface area contributed by atoms with Gasteiger partial charge < -0.3 is 5.11 Å². The molecule has 0 radical (unpaired) electrons. The van der Waals surface area contributed by atoms with Crippen LogP contribution in [0.1, 0.15) is 49.0 Å². The van der Waals surface area contributed by atoms with Crippen LogP contribution in [0.25, 0.3) is 0 Å². The van der Waals surface area contributed by atoms with Crippen molar-refractivity contribution in [2.24, 2.45) is 0 Å². The zero-order chi connectivity index (χ0) is 11.4. The minimum Gasteiger partial charge on any atom is -0.388 e. The summed E-state index contributed by atoms with van der Waals surface area (Å²) >= 11 is 0. The van der Waals surface area contributed by atoms with E-state index >= 15 is 0 Å². The number of benzene rings is 1. The minimum absolute atomic E-state index is 0.416. The summed E-state index contributed by atoms with van der Waals surface area (Å²) in [7, 11) is 0. The first kappa shape index (κ1) is 12.0. The highest BCUT2D eigenvalue weighted by Gasteiger charge is 2.10. The third kappa shape index (κ3) is 2.93. The third-order valence-electron chi connectivity index (χ3n) is 2.72. The number of hydrogen-bond donors (Lipinski definition) is 1. The molecule has 0 amide bonds. The molecule has 1 N–H and O–H groups in total. The fourth-order valence-electron chi connectivity index (χ4n) is 1.66. The van der Waals surface area contributed by atoms with E-state index in [1.165, 1.54) is 5.56 Å². The van der Waals surface area contributed by atoms with Gasteiger partial charge in [-0.15, -0.1) is 6.58 Å². The van der Waals surface area contributed by atoms with Crippen molar-refractivity contribution in [2.45, 2.75) is 39.2 Å². The van der Waals surface area contributed by atoms with Crippen LogP contribution in [-0.4, -0.2) is 5.11 Å². The monoisotopic (exact) mass is 204 g/mol. The van der Waals surface area contributed by atoms with Crippen molar-refractivity contribution < 1.29 is 5.11 Å². The number of hydrogen-bond acceptors (Lipinski definition) is 1. The van der Waals surface area contributed by atoms with E-state index in [0.29, 0.717) is 12.3 Å². The van der Waals surface area contributed by atoms with Gasteiger partial charge in [-0.25, -0.2) is 0 Å². The molecule has 0 bridgehead atoms. The standard InChI is InChI=1S/C14H20O/c1-5-6-14(15)13-9-12(10(2)3)8-7-11(13)4/h5,7-10,14-15H,1,6H2,2-4H3. The van der Waals surface area contributed by atoms with E-state index in [1.54, 1.807) is 6.08 Å². The quantitative estimate of drug-likeness (QED) is 0.741. The molecule has 1 unspecified atom stereocenters. The Balaban J connectivity index is 3.04. The van der Waals surface area contributed by atoms with Crippen molar-refractivity contribution in [3.8, 4) is 0 Å². The van der Waals surface area contributed by atoms with Crippen LogP contribution in [0.15, 0.2) is 30.9 Å². The topological polar surface area (TPSA) is 20.2 Å². The first-order chi connectivity index (χ1) is 7.06. The lowest BCUT2D eigenvalue weighted by Crippen LogP contribution is -2.00. The van der Waals surface area contributed by atoms with Crippen LogP contribution in [0, 0.1) is 6.92 Å². The van der Waals surface area contributed by atoms with Crippen LogP contribution in [-0.2, 0) is 0 Å². The van der Waals surface area contributed by atoms with Gasteiger partial charge in [0.25, 0.3) is 0 Å². The Morgan fingerprint density at radius 3 is 2.60 bits per heavy atom. The largest absolute Gasteiger partial charge is 0.388 e. The molecule has 1 atom stereocenters. The first-order valence-corrected chi connectivity index (χ1v) is 5.45. The summed E-state index contributed by atoms with van der Waals surface area (Å²) in [6.45, 7) is 10.0. The van der Waals surface area contributed by atoms with E-state index in [-0.39, 0.29) is 0 Å². The van der Waals surface area contributed by atoms with E-state index in [4.69, 9.17) is 0 Å². The molecular weight excluding hydrogens is 184 g/mol. The Bertz CT molecular complexity index is 339. The molecule has 0 fully saturated rings. The second kappa shape index (κ2) is 5.13. The molecular formula is C14H20O. The Kier molecular flexibility index (Phi) is 4.10. The van der Waals surface area contributed by atoms with Crippen molar-refractivity contribution in [3.63, 3.8) is 0 Å². The Hall–Kier alpha value is -1.08. The van der Waals surface area contributed by atoms with E-state index in [2.05, 4.69) is 38.6 Å². The molecule has 15 heavy (non-hydrogen) atoms. The molecule has 1 nitrogen and oxygen atoms in total. The van der Waals surface area contributed by atoms with Crippen LogP contribution >= 0.6 is 0 Å². The van der Waals surface area contributed by atoms with Crippen LogP contribution < -0.4 is 0 Å². The molecule has 0 aromatic heterocycles. The van der Waals surface area contributed by atoms with Gasteiger partial charge in [0, 0.05) is 0 Å². The van der Waals surface area contributed by atoms with Crippen molar-refractivity contribution in [3.05, 3.63) is 47.5 Å². The average molecular weight is 204 g/mol. The van der Waals surface area contributed by atoms with E-state index in [1.807, 2.05) is 6.92 Å². The van der Waals surface area contributed by atoms with Gasteiger partial charge in [0.15, 0.2) is 0 Å². The van der Waals surface area contributed by atoms with Crippen molar-refractivity contribution in [1.82, 2.24) is 0 Å². The molecule has 0 saturated carbocycles. The number of aryl methyl sites for hydroxylation is 1. The highest BCUT2D eigenvalue weighted by Crippen LogP contribution is 2.25. The van der Waals surface area contributed by atoms with Gasteiger partial charge in [-0.2, -0.15) is 0 Å². The zero-order valence-corrected chi connectivity index (χ0v) is 9.83. The maximum atomic E-state index is 9.94. The Morgan fingerprint density at radius 1 is 1.40 bits per heavy atom. The van der Waals surface area contributed by atoms with Crippen molar-refractivity contribution >= 4 is 0 Å². The molecule has 0 aliphatic rings. The van der Waals surface area contributed by atoms with Crippen LogP contribution in [0.2, 0.25) is 0 Å². The van der Waals surface area contributed by atoms with Gasteiger partial charge in [-0.3, -0.25) is 0 Å². The highest BCUT2D eigenvalue weighted by atomic mass is 16.3. The molecule has 82 valence electrons. The summed E-state index contributed by atoms with van der Waals surface area (Å²) in [5.41, 5.74) is 3.45. The SMILES string of the molecule is C=CCC(O)c1cc(C(C)C)ccc1C. The second-order valence-electron chi connectivity index (χ2n) is 4.31. The fraction of sp³-hybridized carbons (Fsp3) is 0.429. The van der Waals surface area contributed by atoms with Gasteiger partial charge in [0.05, 0.1) is 6.10 Å². The average Bonchev–Trinajstić information content (AvgIpc) is 2.18. The lowest BCUT2D eigenvalue weighted by Gasteiger charge is -2.15. The molecule has 0 spiro atoms. The maximum Gasteiger partial charge on any atom is 0.0827 e. The molecule has 0 heterocycles. The Labute approximate surface area is 92.5 Å². The summed E-state index contributed by atoms with van der Waals surface area (Å²) in [4.78, 5) is 0. The molecule has 1 rings (SSSR count). The normalized spacial score (nSPS) is 12.9. The first-order valence-electron chi connectivity index (χ1n) is 5.45. The summed E-state index contributed by atoms with van der Waals surface area (Å²) in [5.74, 6) is 0.500. The van der Waals surface area contributed by atoms with Crippen LogP contribution in [0.4, 0.5) is 0 Å². The van der Waals surface area contributed by atoms with Gasteiger partial charge in [-0.1, -0.05) is 38.1 Å². The lowest BCUT2D eigenvalue weighted by molar-refractivity contribution is 0.181. The summed E-state index contributed by atoms with van der Waals surface area (Å²) in [5, 5.41) is 9.94. The molecule has 1 aromatic rings. The van der Waals surface area contributed by atoms with Crippen LogP contribution in [0.3, 0.4) is 0 Å². The van der Waals surface area contributed by atoms with Gasteiger partial charge in [0.2, 0.25) is 0 Å². The van der Waals surface area contributed by atoms with Crippen molar-refractivity contribution in [2.75, 3.05) is 0 Å². The smallest absolute Gasteiger partial charge is 0.0827 e.